The summed E-state index contributed by atoms with van der Waals surface area (Å²) in [6.45, 7) is 1.95. The van der Waals surface area contributed by atoms with Crippen LogP contribution in [0.3, 0.4) is 0 Å². The number of aryl methyl sites for hydroxylation is 1. The number of anilines is 1. The second-order valence-electron chi connectivity index (χ2n) is 6.77. The molecule has 4 nitrogen and oxygen atoms in total. The molecule has 0 radical (unpaired) electrons. The van der Waals surface area contributed by atoms with Gasteiger partial charge in [-0.25, -0.2) is 0 Å². The topological polar surface area (TPSA) is 58.2 Å². The molecule has 0 saturated heterocycles. The molecule has 1 fully saturated rings. The van der Waals surface area contributed by atoms with Crippen LogP contribution in [0, 0.1) is 5.92 Å². The molecule has 1 unspecified atom stereocenters. The van der Waals surface area contributed by atoms with E-state index in [1.165, 1.54) is 0 Å². The average Bonchev–Trinajstić information content (AvgIpc) is 3.47. The van der Waals surface area contributed by atoms with E-state index in [0.29, 0.717) is 17.9 Å². The normalized spacial score (nSPS) is 14.5. The molecule has 5 heteroatoms. The summed E-state index contributed by atoms with van der Waals surface area (Å²) < 4.78 is 0. The summed E-state index contributed by atoms with van der Waals surface area (Å²) in [6, 6.07) is 15.1. The Morgan fingerprint density at radius 1 is 1.12 bits per heavy atom. The Balaban J connectivity index is 1.49. The van der Waals surface area contributed by atoms with Gasteiger partial charge in [-0.2, -0.15) is 0 Å². The number of nitrogens with one attached hydrogen (secondary N) is 2. The van der Waals surface area contributed by atoms with Crippen LogP contribution in [0.25, 0.3) is 0 Å². The summed E-state index contributed by atoms with van der Waals surface area (Å²) in [5, 5.41) is 6.61. The Morgan fingerprint density at radius 2 is 1.81 bits per heavy atom. The summed E-state index contributed by atoms with van der Waals surface area (Å²) in [7, 11) is 0. The lowest BCUT2D eigenvalue weighted by molar-refractivity contribution is -0.121. The lowest BCUT2D eigenvalue weighted by atomic mass is 10.1. The predicted molar refractivity (Wildman–Crippen MR) is 104 cm³/mol. The fraction of sp³-hybridized carbons (Fsp3) is 0.333. The van der Waals surface area contributed by atoms with Crippen molar-refractivity contribution in [1.82, 2.24) is 5.32 Å². The van der Waals surface area contributed by atoms with Crippen LogP contribution in [0.4, 0.5) is 5.69 Å². The molecule has 0 spiro atoms. The first-order chi connectivity index (χ1) is 12.5. The molecule has 2 amide bonds. The predicted octanol–water partition coefficient (Wildman–Crippen LogP) is 4.50. The van der Waals surface area contributed by atoms with Crippen LogP contribution < -0.4 is 10.6 Å². The molecule has 0 bridgehead atoms. The maximum Gasteiger partial charge on any atom is 0.227 e. The summed E-state index contributed by atoms with van der Waals surface area (Å²) in [6.07, 6.45) is 2.98. The molecule has 0 heterocycles. The van der Waals surface area contributed by atoms with E-state index in [1.54, 1.807) is 0 Å². The Labute approximate surface area is 158 Å². The molecule has 1 atom stereocenters. The first-order valence-corrected chi connectivity index (χ1v) is 9.34. The summed E-state index contributed by atoms with van der Waals surface area (Å²) >= 11 is 6.12. The van der Waals surface area contributed by atoms with Crippen molar-refractivity contribution in [3.8, 4) is 0 Å². The Kier molecular flexibility index (Phi) is 5.94. The van der Waals surface area contributed by atoms with Crippen LogP contribution in [0.2, 0.25) is 5.02 Å². The van der Waals surface area contributed by atoms with E-state index in [4.69, 9.17) is 11.6 Å². The quantitative estimate of drug-likeness (QED) is 0.753. The standard InChI is InChI=1S/C21H23ClN2O2/c1-14(23-20(25)13-10-16-4-2-3-5-19(16)22)15-8-11-18(12-9-15)24-21(26)17-6-7-17/h2-5,8-9,11-12,14,17H,6-7,10,13H2,1H3,(H,23,25)(H,24,26). The number of hydrogen-bond acceptors (Lipinski definition) is 2. The van der Waals surface area contributed by atoms with Gasteiger partial charge >= 0.3 is 0 Å². The molecular formula is C21H23ClN2O2. The number of hydrogen-bond donors (Lipinski definition) is 2. The van der Waals surface area contributed by atoms with Crippen molar-refractivity contribution in [1.29, 1.82) is 0 Å². The maximum absolute atomic E-state index is 12.2. The van der Waals surface area contributed by atoms with Crippen LogP contribution in [-0.2, 0) is 16.0 Å². The van der Waals surface area contributed by atoms with Crippen LogP contribution in [0.5, 0.6) is 0 Å². The molecule has 1 aliphatic carbocycles. The van der Waals surface area contributed by atoms with Crippen LogP contribution in [0.15, 0.2) is 48.5 Å². The van der Waals surface area contributed by atoms with Gasteiger partial charge in [-0.15, -0.1) is 0 Å². The first-order valence-electron chi connectivity index (χ1n) is 8.96. The summed E-state index contributed by atoms with van der Waals surface area (Å²) in [4.78, 5) is 24.0. The second kappa shape index (κ2) is 8.37. The molecule has 0 aromatic heterocycles. The SMILES string of the molecule is CC(NC(=O)CCc1ccccc1Cl)c1ccc(NC(=O)C2CC2)cc1. The zero-order chi connectivity index (χ0) is 18.5. The number of rotatable bonds is 7. The summed E-state index contributed by atoms with van der Waals surface area (Å²) in [5.74, 6) is 0.271. The lowest BCUT2D eigenvalue weighted by Gasteiger charge is -2.15. The molecule has 3 rings (SSSR count). The number of halogens is 1. The smallest absolute Gasteiger partial charge is 0.227 e. The highest BCUT2D eigenvalue weighted by Gasteiger charge is 2.29. The molecule has 1 saturated carbocycles. The summed E-state index contributed by atoms with van der Waals surface area (Å²) in [5.41, 5.74) is 2.77. The Bertz CT molecular complexity index is 785. The molecule has 136 valence electrons. The van der Waals surface area contributed by atoms with E-state index < -0.39 is 0 Å². The third-order valence-corrected chi connectivity index (χ3v) is 4.95. The van der Waals surface area contributed by atoms with Crippen molar-refractivity contribution < 1.29 is 9.59 Å². The fourth-order valence-corrected chi connectivity index (χ4v) is 3.02. The monoisotopic (exact) mass is 370 g/mol. The molecular weight excluding hydrogens is 348 g/mol. The van der Waals surface area contributed by atoms with E-state index in [9.17, 15) is 9.59 Å². The van der Waals surface area contributed by atoms with Crippen molar-refractivity contribution in [3.05, 3.63) is 64.7 Å². The molecule has 0 aliphatic heterocycles. The molecule has 2 aromatic rings. The van der Waals surface area contributed by atoms with Gasteiger partial charge in [-0.3, -0.25) is 9.59 Å². The van der Waals surface area contributed by atoms with E-state index in [-0.39, 0.29) is 23.8 Å². The Hall–Kier alpha value is -2.33. The van der Waals surface area contributed by atoms with Crippen molar-refractivity contribution >= 4 is 29.1 Å². The van der Waals surface area contributed by atoms with Crippen LogP contribution in [0.1, 0.15) is 43.4 Å². The van der Waals surface area contributed by atoms with Gasteiger partial charge in [-0.05, 0) is 55.5 Å². The largest absolute Gasteiger partial charge is 0.350 e. The lowest BCUT2D eigenvalue weighted by Crippen LogP contribution is -2.26. The van der Waals surface area contributed by atoms with E-state index in [2.05, 4.69) is 10.6 Å². The van der Waals surface area contributed by atoms with Crippen molar-refractivity contribution in [2.75, 3.05) is 5.32 Å². The highest BCUT2D eigenvalue weighted by atomic mass is 35.5. The minimum Gasteiger partial charge on any atom is -0.350 e. The molecule has 26 heavy (non-hydrogen) atoms. The second-order valence-corrected chi connectivity index (χ2v) is 7.17. The van der Waals surface area contributed by atoms with Crippen molar-refractivity contribution in [2.24, 2.45) is 5.92 Å². The van der Waals surface area contributed by atoms with E-state index in [1.807, 2.05) is 55.5 Å². The van der Waals surface area contributed by atoms with Gasteiger partial charge in [0.15, 0.2) is 0 Å². The zero-order valence-corrected chi connectivity index (χ0v) is 15.6. The number of benzene rings is 2. The number of amides is 2. The van der Waals surface area contributed by atoms with Gasteiger partial charge in [0.25, 0.3) is 0 Å². The number of carbonyl (C=O) groups excluding carboxylic acids is 2. The molecule has 2 aromatic carbocycles. The van der Waals surface area contributed by atoms with Gasteiger partial charge in [-0.1, -0.05) is 41.9 Å². The molecule has 2 N–H and O–H groups in total. The van der Waals surface area contributed by atoms with Gasteiger partial charge in [0, 0.05) is 23.0 Å². The highest BCUT2D eigenvalue weighted by molar-refractivity contribution is 6.31. The highest BCUT2D eigenvalue weighted by Crippen LogP contribution is 2.30. The van der Waals surface area contributed by atoms with Crippen LogP contribution >= 0.6 is 11.6 Å². The average molecular weight is 371 g/mol. The number of carbonyl (C=O) groups is 2. The fourth-order valence-electron chi connectivity index (χ4n) is 2.79. The van der Waals surface area contributed by atoms with Gasteiger partial charge in [0.2, 0.25) is 11.8 Å². The third-order valence-electron chi connectivity index (χ3n) is 4.58. The van der Waals surface area contributed by atoms with E-state index in [0.717, 1.165) is 29.7 Å². The van der Waals surface area contributed by atoms with Crippen molar-refractivity contribution in [2.45, 2.75) is 38.6 Å². The minimum atomic E-state index is -0.0954. The minimum absolute atomic E-state index is 0.0106. The van der Waals surface area contributed by atoms with Crippen LogP contribution in [-0.4, -0.2) is 11.8 Å². The van der Waals surface area contributed by atoms with Gasteiger partial charge < -0.3 is 10.6 Å². The Morgan fingerprint density at radius 3 is 2.46 bits per heavy atom. The maximum atomic E-state index is 12.2. The van der Waals surface area contributed by atoms with Crippen molar-refractivity contribution in [3.63, 3.8) is 0 Å². The van der Waals surface area contributed by atoms with Gasteiger partial charge in [0.05, 0.1) is 6.04 Å². The van der Waals surface area contributed by atoms with Gasteiger partial charge in [0.1, 0.15) is 0 Å². The third kappa shape index (κ3) is 5.09. The molecule has 1 aliphatic rings. The zero-order valence-electron chi connectivity index (χ0n) is 14.8. The van der Waals surface area contributed by atoms with E-state index >= 15 is 0 Å². The first kappa shape index (κ1) is 18.5.